The number of amides is 1. The Morgan fingerprint density at radius 1 is 1.06 bits per heavy atom. The van der Waals surface area contributed by atoms with Crippen molar-refractivity contribution >= 4 is 17.4 Å². The summed E-state index contributed by atoms with van der Waals surface area (Å²) in [4.78, 5) is 30.0. The minimum absolute atomic E-state index is 0.112. The number of aliphatic hydroxyl groups is 1. The van der Waals surface area contributed by atoms with Crippen molar-refractivity contribution in [2.24, 2.45) is 0 Å². The van der Waals surface area contributed by atoms with Gasteiger partial charge in [0.25, 0.3) is 11.7 Å². The van der Waals surface area contributed by atoms with E-state index in [-0.39, 0.29) is 11.3 Å². The number of ketones is 1. The number of carbonyl (C=O) groups excluding carboxylic acids is 2. The van der Waals surface area contributed by atoms with E-state index in [0.29, 0.717) is 17.9 Å². The average molecular weight is 437 g/mol. The molecule has 1 N–H and O–H groups in total. The number of hydrogen-bond acceptors (Lipinski definition) is 6. The average Bonchev–Trinajstić information content (AvgIpc) is 3.10. The van der Waals surface area contributed by atoms with Crippen molar-refractivity contribution in [3.8, 4) is 5.75 Å². The van der Waals surface area contributed by atoms with E-state index in [1.54, 1.807) is 29.2 Å². The minimum atomic E-state index is -0.662. The number of carbonyl (C=O) groups is 2. The lowest BCUT2D eigenvalue weighted by atomic mass is 9.95. The van der Waals surface area contributed by atoms with Gasteiger partial charge in [-0.1, -0.05) is 42.5 Å². The van der Waals surface area contributed by atoms with Gasteiger partial charge in [-0.2, -0.15) is 0 Å². The highest BCUT2D eigenvalue weighted by Gasteiger charge is 2.45. The molecule has 2 aliphatic heterocycles. The van der Waals surface area contributed by atoms with Gasteiger partial charge in [-0.3, -0.25) is 14.5 Å². The van der Waals surface area contributed by atoms with E-state index in [1.807, 2.05) is 30.3 Å². The summed E-state index contributed by atoms with van der Waals surface area (Å²) in [5, 5.41) is 11.1. The van der Waals surface area contributed by atoms with Crippen LogP contribution in [-0.4, -0.2) is 73.1 Å². The first-order valence-electron chi connectivity index (χ1n) is 10.9. The fraction of sp³-hybridized carbons (Fsp3) is 0.360. The van der Waals surface area contributed by atoms with Crippen molar-refractivity contribution in [1.29, 1.82) is 0 Å². The van der Waals surface area contributed by atoms with Gasteiger partial charge in [-0.25, -0.2) is 0 Å². The van der Waals surface area contributed by atoms with E-state index in [4.69, 9.17) is 9.47 Å². The number of nitrogens with zero attached hydrogens (tertiary/aromatic N) is 2. The van der Waals surface area contributed by atoms with Crippen LogP contribution in [-0.2, 0) is 14.3 Å². The summed E-state index contributed by atoms with van der Waals surface area (Å²) in [7, 11) is 1.54. The molecule has 7 heteroatoms. The first-order valence-corrected chi connectivity index (χ1v) is 10.9. The van der Waals surface area contributed by atoms with Crippen molar-refractivity contribution in [1.82, 2.24) is 9.80 Å². The van der Waals surface area contributed by atoms with E-state index in [9.17, 15) is 14.7 Å². The van der Waals surface area contributed by atoms with Gasteiger partial charge in [0.05, 0.1) is 31.9 Å². The van der Waals surface area contributed by atoms with Gasteiger partial charge in [0.2, 0.25) is 0 Å². The van der Waals surface area contributed by atoms with Crippen molar-refractivity contribution < 1.29 is 24.2 Å². The Hall–Kier alpha value is -3.16. The number of rotatable bonds is 7. The molecule has 0 unspecified atom stereocenters. The molecular weight excluding hydrogens is 408 g/mol. The maximum absolute atomic E-state index is 13.1. The molecular formula is C25H28N2O5. The number of morpholine rings is 1. The van der Waals surface area contributed by atoms with Crippen LogP contribution in [0, 0.1) is 0 Å². The van der Waals surface area contributed by atoms with E-state index in [0.717, 1.165) is 44.8 Å². The Bertz CT molecular complexity index is 998. The van der Waals surface area contributed by atoms with Gasteiger partial charge in [0.1, 0.15) is 11.5 Å². The van der Waals surface area contributed by atoms with Gasteiger partial charge in [0.15, 0.2) is 0 Å². The van der Waals surface area contributed by atoms with Crippen LogP contribution in [0.3, 0.4) is 0 Å². The lowest BCUT2D eigenvalue weighted by Crippen LogP contribution is -2.38. The predicted octanol–water partition coefficient (Wildman–Crippen LogP) is 2.84. The summed E-state index contributed by atoms with van der Waals surface area (Å²) in [6, 6.07) is 15.6. The molecule has 0 bridgehead atoms. The number of methoxy groups -OCH3 is 1. The lowest BCUT2D eigenvalue weighted by molar-refractivity contribution is -0.140. The Morgan fingerprint density at radius 2 is 1.81 bits per heavy atom. The Labute approximate surface area is 187 Å². The Balaban J connectivity index is 1.65. The topological polar surface area (TPSA) is 79.3 Å². The van der Waals surface area contributed by atoms with Gasteiger partial charge in [0, 0.05) is 31.7 Å². The molecule has 2 aliphatic rings. The fourth-order valence-corrected chi connectivity index (χ4v) is 4.31. The van der Waals surface area contributed by atoms with Crippen LogP contribution < -0.4 is 4.74 Å². The zero-order chi connectivity index (χ0) is 22.5. The molecule has 0 spiro atoms. The summed E-state index contributed by atoms with van der Waals surface area (Å²) in [5.74, 6) is -0.868. The van der Waals surface area contributed by atoms with E-state index in [1.165, 1.54) is 7.11 Å². The van der Waals surface area contributed by atoms with Crippen molar-refractivity contribution in [2.75, 3.05) is 46.5 Å². The van der Waals surface area contributed by atoms with Crippen LogP contribution >= 0.6 is 0 Å². The summed E-state index contributed by atoms with van der Waals surface area (Å²) in [6.07, 6.45) is 0.732. The summed E-state index contributed by atoms with van der Waals surface area (Å²) in [5.41, 5.74) is 1.35. The number of Topliss-reactive ketones (excluding diaryl/α,β-unsaturated/α-hetero) is 1. The Morgan fingerprint density at radius 3 is 2.53 bits per heavy atom. The van der Waals surface area contributed by atoms with Gasteiger partial charge in [-0.15, -0.1) is 0 Å². The molecule has 2 saturated heterocycles. The van der Waals surface area contributed by atoms with Crippen LogP contribution in [0.25, 0.3) is 5.76 Å². The molecule has 1 atom stereocenters. The molecule has 2 fully saturated rings. The maximum Gasteiger partial charge on any atom is 0.295 e. The number of likely N-dealkylation sites (tertiary alicyclic amines) is 1. The van der Waals surface area contributed by atoms with Crippen LogP contribution in [0.5, 0.6) is 5.75 Å². The zero-order valence-electron chi connectivity index (χ0n) is 18.2. The number of benzene rings is 2. The second kappa shape index (κ2) is 9.97. The highest BCUT2D eigenvalue weighted by Crippen LogP contribution is 2.39. The minimum Gasteiger partial charge on any atom is -0.507 e. The van der Waals surface area contributed by atoms with E-state index < -0.39 is 17.7 Å². The first kappa shape index (κ1) is 22.0. The fourth-order valence-electron chi connectivity index (χ4n) is 4.31. The zero-order valence-corrected chi connectivity index (χ0v) is 18.2. The number of ether oxygens (including phenoxy) is 2. The third-order valence-corrected chi connectivity index (χ3v) is 5.98. The predicted molar refractivity (Wildman–Crippen MR) is 120 cm³/mol. The van der Waals surface area contributed by atoms with Crippen LogP contribution in [0.4, 0.5) is 0 Å². The number of hydrogen-bond donors (Lipinski definition) is 1. The second-order valence-corrected chi connectivity index (χ2v) is 7.94. The molecule has 2 heterocycles. The molecule has 2 aromatic rings. The van der Waals surface area contributed by atoms with Crippen molar-refractivity contribution in [2.45, 2.75) is 12.5 Å². The van der Waals surface area contributed by atoms with Gasteiger partial charge >= 0.3 is 0 Å². The SMILES string of the molecule is COc1cccc(/C(O)=C2\C(=O)C(=O)N(CCCN3CCOCC3)[C@H]2c2ccccc2)c1. The van der Waals surface area contributed by atoms with Crippen LogP contribution in [0.15, 0.2) is 60.2 Å². The lowest BCUT2D eigenvalue weighted by Gasteiger charge is -2.29. The first-order chi connectivity index (χ1) is 15.6. The van der Waals surface area contributed by atoms with Crippen LogP contribution in [0.1, 0.15) is 23.6 Å². The summed E-state index contributed by atoms with van der Waals surface area (Å²) in [6.45, 7) is 4.43. The number of aliphatic hydroxyl groups excluding tert-OH is 1. The molecule has 0 saturated carbocycles. The third kappa shape index (κ3) is 4.54. The second-order valence-electron chi connectivity index (χ2n) is 7.94. The maximum atomic E-state index is 13.1. The smallest absolute Gasteiger partial charge is 0.295 e. The normalized spacial score (nSPS) is 21.2. The quantitative estimate of drug-likeness (QED) is 0.409. The Kier molecular flexibility index (Phi) is 6.87. The van der Waals surface area contributed by atoms with Crippen molar-refractivity contribution in [3.05, 3.63) is 71.3 Å². The third-order valence-electron chi connectivity index (χ3n) is 5.98. The van der Waals surface area contributed by atoms with Crippen LogP contribution in [0.2, 0.25) is 0 Å². The molecule has 1 amide bonds. The molecule has 2 aromatic carbocycles. The van der Waals surface area contributed by atoms with E-state index in [2.05, 4.69) is 4.90 Å². The largest absolute Gasteiger partial charge is 0.507 e. The monoisotopic (exact) mass is 436 g/mol. The van der Waals surface area contributed by atoms with Gasteiger partial charge < -0.3 is 19.5 Å². The van der Waals surface area contributed by atoms with E-state index >= 15 is 0 Å². The summed E-state index contributed by atoms with van der Waals surface area (Å²) < 4.78 is 10.6. The highest BCUT2D eigenvalue weighted by molar-refractivity contribution is 6.46. The van der Waals surface area contributed by atoms with Crippen molar-refractivity contribution in [3.63, 3.8) is 0 Å². The molecule has 0 aromatic heterocycles. The molecule has 4 rings (SSSR count). The standard InChI is InChI=1S/C25H28N2O5/c1-31-20-10-5-9-19(17-20)23(28)21-22(18-7-3-2-4-8-18)27(25(30)24(21)29)12-6-11-26-13-15-32-16-14-26/h2-5,7-10,17,22,28H,6,11-16H2,1H3/b23-21+/t22-/m0/s1. The summed E-state index contributed by atoms with van der Waals surface area (Å²) >= 11 is 0. The molecule has 32 heavy (non-hydrogen) atoms. The molecule has 168 valence electrons. The highest BCUT2D eigenvalue weighted by atomic mass is 16.5. The molecule has 0 aliphatic carbocycles. The molecule has 7 nitrogen and oxygen atoms in total. The molecule has 0 radical (unpaired) electrons. The van der Waals surface area contributed by atoms with Gasteiger partial charge in [-0.05, 0) is 24.1 Å².